The maximum atomic E-state index is 12.5. The molecule has 0 atom stereocenters. The Balaban J connectivity index is 1.86. The first-order valence-corrected chi connectivity index (χ1v) is 13.6. The van der Waals surface area contributed by atoms with Crippen molar-refractivity contribution in [1.82, 2.24) is 0 Å². The molecule has 0 aliphatic rings. The summed E-state index contributed by atoms with van der Waals surface area (Å²) in [5.41, 5.74) is 4.56. The minimum atomic E-state index is -0.851. The van der Waals surface area contributed by atoms with E-state index >= 15 is 0 Å². The molecule has 0 spiro atoms. The summed E-state index contributed by atoms with van der Waals surface area (Å²) >= 11 is 0. The van der Waals surface area contributed by atoms with Crippen molar-refractivity contribution in [2.45, 2.75) is 27.2 Å². The van der Waals surface area contributed by atoms with Gasteiger partial charge in [0.2, 0.25) is 0 Å². The maximum absolute atomic E-state index is 12.5. The van der Waals surface area contributed by atoms with Gasteiger partial charge in [-0.1, -0.05) is 110 Å². The molecule has 2 nitrogen and oxygen atoms in total. The van der Waals surface area contributed by atoms with Gasteiger partial charge < -0.3 is 4.74 Å². The van der Waals surface area contributed by atoms with Crippen LogP contribution in [0.2, 0.25) is 0 Å². The molecule has 0 amide bonds. The fourth-order valence-corrected chi connectivity index (χ4v) is 7.11. The van der Waals surface area contributed by atoms with Crippen LogP contribution in [0.15, 0.2) is 109 Å². The number of ether oxygens (including phenoxy) is 1. The van der Waals surface area contributed by atoms with Gasteiger partial charge in [-0.2, -0.15) is 0 Å². The second kappa shape index (κ2) is 10.5. The van der Waals surface area contributed by atoms with E-state index in [1.165, 1.54) is 27.0 Å². The quantitative estimate of drug-likeness (QED) is 0.144. The van der Waals surface area contributed by atoms with Crippen molar-refractivity contribution < 1.29 is 9.53 Å². The van der Waals surface area contributed by atoms with Gasteiger partial charge in [-0.05, 0) is 71.2 Å². The van der Waals surface area contributed by atoms with Gasteiger partial charge in [0.15, 0.2) is 0 Å². The molecule has 5 aromatic rings. The Morgan fingerprint density at radius 3 is 1.94 bits per heavy atom. The smallest absolute Gasteiger partial charge is 0.310 e. The molecule has 0 radical (unpaired) electrons. The lowest BCUT2D eigenvalue weighted by atomic mass is 9.94. The topological polar surface area (TPSA) is 26.3 Å². The fourth-order valence-electron chi connectivity index (χ4n) is 4.58. The summed E-state index contributed by atoms with van der Waals surface area (Å²) in [7, 11) is -0.851. The number of rotatable bonds is 6. The highest BCUT2D eigenvalue weighted by Gasteiger charge is 2.24. The highest BCUT2D eigenvalue weighted by atomic mass is 31.1. The molecule has 178 valence electrons. The minimum absolute atomic E-state index is 0.231. The van der Waals surface area contributed by atoms with E-state index in [9.17, 15) is 4.79 Å². The maximum Gasteiger partial charge on any atom is 0.310 e. The highest BCUT2D eigenvalue weighted by molar-refractivity contribution is 7.80. The third-order valence-corrected chi connectivity index (χ3v) is 9.04. The summed E-state index contributed by atoms with van der Waals surface area (Å²) in [5, 5.41) is 6.04. The first kappa shape index (κ1) is 24.0. The van der Waals surface area contributed by atoms with Crippen molar-refractivity contribution in [1.29, 1.82) is 0 Å². The summed E-state index contributed by atoms with van der Waals surface area (Å²) in [5.74, 6) is 0.381. The molecule has 5 aromatic carbocycles. The number of esters is 1. The Kier molecular flexibility index (Phi) is 6.98. The van der Waals surface area contributed by atoms with Gasteiger partial charge in [0.25, 0.3) is 0 Å². The van der Waals surface area contributed by atoms with Gasteiger partial charge in [0.1, 0.15) is 5.75 Å². The molecule has 3 heteroatoms. The molecular formula is C33H29O2P. The van der Waals surface area contributed by atoms with E-state index in [1.807, 2.05) is 25.1 Å². The second-order valence-electron chi connectivity index (χ2n) is 8.95. The Labute approximate surface area is 214 Å². The summed E-state index contributed by atoms with van der Waals surface area (Å²) in [6, 6.07) is 38.4. The van der Waals surface area contributed by atoms with Gasteiger partial charge in [-0.3, -0.25) is 4.79 Å². The Hall–Kier alpha value is -3.74. The molecule has 0 bridgehead atoms. The van der Waals surface area contributed by atoms with Gasteiger partial charge in [0, 0.05) is 12.0 Å². The highest BCUT2D eigenvalue weighted by Crippen LogP contribution is 2.43. The number of hydrogen-bond acceptors (Lipinski definition) is 2. The van der Waals surface area contributed by atoms with Crippen molar-refractivity contribution in [3.63, 3.8) is 0 Å². The number of carbonyl (C=O) groups excluding carboxylic acids is 1. The Morgan fingerprint density at radius 1 is 0.722 bits per heavy atom. The first-order chi connectivity index (χ1) is 17.6. The van der Waals surface area contributed by atoms with Crippen molar-refractivity contribution in [3.05, 3.63) is 120 Å². The SMILES string of the molecule is CCC(=O)Oc1ccc2ccccc2c1-c1cc(C)c(C)cc1P(c1ccccc1)c1ccccc1. The molecular weight excluding hydrogens is 459 g/mol. The number of benzene rings is 5. The van der Waals surface area contributed by atoms with Crippen LogP contribution in [-0.2, 0) is 4.79 Å². The predicted octanol–water partition coefficient (Wildman–Crippen LogP) is 7.20. The number of fused-ring (bicyclic) bond motifs is 1. The van der Waals surface area contributed by atoms with E-state index < -0.39 is 7.92 Å². The zero-order chi connectivity index (χ0) is 25.1. The summed E-state index contributed by atoms with van der Waals surface area (Å²) in [4.78, 5) is 12.5. The Morgan fingerprint density at radius 2 is 1.31 bits per heavy atom. The Bertz CT molecular complexity index is 1480. The third-order valence-electron chi connectivity index (χ3n) is 6.55. The average molecular weight is 489 g/mol. The van der Waals surface area contributed by atoms with E-state index in [2.05, 4.69) is 105 Å². The van der Waals surface area contributed by atoms with Gasteiger partial charge in [-0.15, -0.1) is 0 Å². The molecule has 0 N–H and O–H groups in total. The van der Waals surface area contributed by atoms with Crippen LogP contribution in [-0.4, -0.2) is 5.97 Å². The van der Waals surface area contributed by atoms with Crippen molar-refractivity contribution in [2.75, 3.05) is 0 Å². The van der Waals surface area contributed by atoms with Crippen molar-refractivity contribution in [3.8, 4) is 16.9 Å². The fraction of sp³-hybridized carbons (Fsp3) is 0.121. The molecule has 0 aromatic heterocycles. The monoisotopic (exact) mass is 488 g/mol. The molecule has 5 rings (SSSR count). The van der Waals surface area contributed by atoms with Gasteiger partial charge >= 0.3 is 5.97 Å². The molecule has 0 unspecified atom stereocenters. The zero-order valence-electron chi connectivity index (χ0n) is 20.9. The zero-order valence-corrected chi connectivity index (χ0v) is 21.8. The molecule has 0 heterocycles. The van der Waals surface area contributed by atoms with E-state index in [0.717, 1.165) is 21.9 Å². The number of hydrogen-bond donors (Lipinski definition) is 0. The van der Waals surface area contributed by atoms with E-state index in [4.69, 9.17) is 4.74 Å². The second-order valence-corrected chi connectivity index (χ2v) is 11.1. The molecule has 0 saturated heterocycles. The van der Waals surface area contributed by atoms with E-state index in [0.29, 0.717) is 12.2 Å². The molecule has 0 aliphatic heterocycles. The van der Waals surface area contributed by atoms with Crippen LogP contribution in [0, 0.1) is 13.8 Å². The summed E-state index contributed by atoms with van der Waals surface area (Å²) in [6.45, 7) is 6.15. The number of carbonyl (C=O) groups is 1. The summed E-state index contributed by atoms with van der Waals surface area (Å²) in [6.07, 6.45) is 0.326. The van der Waals surface area contributed by atoms with Crippen LogP contribution in [0.1, 0.15) is 24.5 Å². The lowest BCUT2D eigenvalue weighted by molar-refractivity contribution is -0.133. The summed E-state index contributed by atoms with van der Waals surface area (Å²) < 4.78 is 5.94. The van der Waals surface area contributed by atoms with E-state index in [-0.39, 0.29) is 5.97 Å². The van der Waals surface area contributed by atoms with Crippen LogP contribution >= 0.6 is 7.92 Å². The van der Waals surface area contributed by atoms with Gasteiger partial charge in [0.05, 0.1) is 0 Å². The van der Waals surface area contributed by atoms with Crippen LogP contribution in [0.5, 0.6) is 5.75 Å². The van der Waals surface area contributed by atoms with Crippen LogP contribution in [0.3, 0.4) is 0 Å². The molecule has 0 fully saturated rings. The van der Waals surface area contributed by atoms with Crippen LogP contribution < -0.4 is 20.7 Å². The first-order valence-electron chi connectivity index (χ1n) is 12.3. The largest absolute Gasteiger partial charge is 0.426 e. The minimum Gasteiger partial charge on any atom is -0.426 e. The van der Waals surface area contributed by atoms with Crippen molar-refractivity contribution >= 4 is 40.6 Å². The van der Waals surface area contributed by atoms with Crippen molar-refractivity contribution in [2.24, 2.45) is 0 Å². The lowest BCUT2D eigenvalue weighted by Gasteiger charge is -2.25. The number of aryl methyl sites for hydroxylation is 2. The molecule has 0 aliphatic carbocycles. The van der Waals surface area contributed by atoms with Crippen LogP contribution in [0.25, 0.3) is 21.9 Å². The standard InChI is InChI=1S/C33H29O2P/c1-4-32(34)35-30-20-19-25-13-11-12-18-28(25)33(30)29-21-23(2)24(3)22-31(29)36(26-14-7-5-8-15-26)27-16-9-6-10-17-27/h5-22H,4H2,1-3H3. The normalized spacial score (nSPS) is 11.1. The lowest BCUT2D eigenvalue weighted by Crippen LogP contribution is -2.23. The molecule has 0 saturated carbocycles. The predicted molar refractivity (Wildman–Crippen MR) is 153 cm³/mol. The molecule has 36 heavy (non-hydrogen) atoms. The van der Waals surface area contributed by atoms with Gasteiger partial charge in [-0.25, -0.2) is 0 Å². The third kappa shape index (κ3) is 4.70. The van der Waals surface area contributed by atoms with Crippen LogP contribution in [0.4, 0.5) is 0 Å². The van der Waals surface area contributed by atoms with E-state index in [1.54, 1.807) is 0 Å². The average Bonchev–Trinajstić information content (AvgIpc) is 2.92.